The van der Waals surface area contributed by atoms with Crippen LogP contribution in [-0.2, 0) is 25.5 Å². The van der Waals surface area contributed by atoms with Crippen molar-refractivity contribution in [3.05, 3.63) is 33.4 Å². The third-order valence-electron chi connectivity index (χ3n) is 3.95. The lowest BCUT2D eigenvalue weighted by atomic mass is 9.96. The Morgan fingerprint density at radius 1 is 1.23 bits per heavy atom. The summed E-state index contributed by atoms with van der Waals surface area (Å²) < 4.78 is 11.5. The predicted molar refractivity (Wildman–Crippen MR) is 104 cm³/mol. The smallest absolute Gasteiger partial charge is 0.417 e. The van der Waals surface area contributed by atoms with E-state index in [1.807, 2.05) is 24.3 Å². The lowest BCUT2D eigenvalue weighted by Crippen LogP contribution is -2.46. The first-order chi connectivity index (χ1) is 12.1. The lowest BCUT2D eigenvalue weighted by molar-refractivity contribution is -0.151. The highest BCUT2D eigenvalue weighted by Gasteiger charge is 2.48. The molecule has 0 N–H and O–H groups in total. The molecule has 26 heavy (non-hydrogen) atoms. The van der Waals surface area contributed by atoms with Crippen LogP contribution >= 0.6 is 22.6 Å². The van der Waals surface area contributed by atoms with Gasteiger partial charge in [-0.3, -0.25) is 4.79 Å². The molecular formula is C19H24INO5. The highest BCUT2D eigenvalue weighted by molar-refractivity contribution is 14.1. The second kappa shape index (κ2) is 8.37. The van der Waals surface area contributed by atoms with Crippen LogP contribution in [0, 0.1) is 9.49 Å². The summed E-state index contributed by atoms with van der Waals surface area (Å²) in [5.74, 6) is -1.43. The van der Waals surface area contributed by atoms with Gasteiger partial charge in [-0.05, 0) is 80.8 Å². The minimum absolute atomic E-state index is 0.188. The first kappa shape index (κ1) is 20.7. The second-order valence-corrected chi connectivity index (χ2v) is 8.47. The Bertz CT molecular complexity index is 680. The molecule has 1 heterocycles. The van der Waals surface area contributed by atoms with E-state index in [1.54, 1.807) is 27.7 Å². The number of ether oxygens (including phenoxy) is 2. The molecule has 1 fully saturated rings. The van der Waals surface area contributed by atoms with E-state index in [2.05, 4.69) is 22.6 Å². The van der Waals surface area contributed by atoms with Gasteiger partial charge in [-0.2, -0.15) is 0 Å². The minimum atomic E-state index is -0.939. The number of likely N-dealkylation sites (tertiary alicyclic amines) is 1. The molecule has 2 atom stereocenters. The Morgan fingerprint density at radius 3 is 2.38 bits per heavy atom. The third kappa shape index (κ3) is 5.18. The van der Waals surface area contributed by atoms with Crippen LogP contribution in [0.5, 0.6) is 0 Å². The molecule has 142 valence electrons. The standard InChI is InChI=1S/C19H24INO5/c1-5-25-17(23)15-11-13(10-12-6-8-14(20)9-7-12)16(22)21(15)18(24)26-19(2,3)4/h6-9,13,15H,5,10-11H2,1-4H3/t13-,15+/m0/s1. The minimum Gasteiger partial charge on any atom is -0.464 e. The van der Waals surface area contributed by atoms with Crippen molar-refractivity contribution in [2.75, 3.05) is 6.61 Å². The van der Waals surface area contributed by atoms with Gasteiger partial charge >= 0.3 is 12.1 Å². The van der Waals surface area contributed by atoms with Gasteiger partial charge in [0.1, 0.15) is 11.6 Å². The average molecular weight is 473 g/mol. The van der Waals surface area contributed by atoms with Crippen LogP contribution in [0.4, 0.5) is 4.79 Å². The third-order valence-corrected chi connectivity index (χ3v) is 4.67. The number of rotatable bonds is 4. The monoisotopic (exact) mass is 473 g/mol. The lowest BCUT2D eigenvalue weighted by Gasteiger charge is -2.26. The fraction of sp³-hybridized carbons (Fsp3) is 0.526. The number of hydrogen-bond acceptors (Lipinski definition) is 5. The van der Waals surface area contributed by atoms with Crippen molar-refractivity contribution < 1.29 is 23.9 Å². The molecule has 1 saturated heterocycles. The normalized spacial score (nSPS) is 20.2. The summed E-state index contributed by atoms with van der Waals surface area (Å²) in [4.78, 5) is 38.6. The van der Waals surface area contributed by atoms with Gasteiger partial charge in [-0.1, -0.05) is 12.1 Å². The Balaban J connectivity index is 2.22. The van der Waals surface area contributed by atoms with Crippen molar-refractivity contribution in [3.63, 3.8) is 0 Å². The zero-order valence-electron chi connectivity index (χ0n) is 15.5. The number of amides is 2. The Kier molecular flexibility index (Phi) is 6.65. The molecule has 0 spiro atoms. The van der Waals surface area contributed by atoms with Crippen LogP contribution in [0.2, 0.25) is 0 Å². The summed E-state index contributed by atoms with van der Waals surface area (Å²) in [7, 11) is 0. The van der Waals surface area contributed by atoms with Gasteiger partial charge in [0, 0.05) is 9.49 Å². The molecule has 0 radical (unpaired) electrons. The highest BCUT2D eigenvalue weighted by Crippen LogP contribution is 2.30. The molecule has 1 aromatic rings. The number of carbonyl (C=O) groups is 3. The number of hydrogen-bond donors (Lipinski definition) is 0. The first-order valence-electron chi connectivity index (χ1n) is 8.59. The van der Waals surface area contributed by atoms with Crippen molar-refractivity contribution in [2.24, 2.45) is 5.92 Å². The van der Waals surface area contributed by atoms with Crippen molar-refractivity contribution >= 4 is 40.6 Å². The highest BCUT2D eigenvalue weighted by atomic mass is 127. The number of halogens is 1. The Hall–Kier alpha value is -1.64. The molecule has 0 aliphatic carbocycles. The van der Waals surface area contributed by atoms with Crippen LogP contribution in [0.1, 0.15) is 39.7 Å². The van der Waals surface area contributed by atoms with Crippen LogP contribution in [0.3, 0.4) is 0 Å². The molecule has 1 aliphatic heterocycles. The average Bonchev–Trinajstić information content (AvgIpc) is 2.85. The number of esters is 1. The Labute approximate surface area is 167 Å². The van der Waals surface area contributed by atoms with Gasteiger partial charge in [-0.15, -0.1) is 0 Å². The predicted octanol–water partition coefficient (Wildman–Crippen LogP) is 3.55. The van der Waals surface area contributed by atoms with Gasteiger partial charge in [0.25, 0.3) is 0 Å². The molecule has 0 saturated carbocycles. The molecule has 1 aliphatic rings. The maximum Gasteiger partial charge on any atom is 0.417 e. The van der Waals surface area contributed by atoms with Crippen molar-refractivity contribution in [3.8, 4) is 0 Å². The maximum atomic E-state index is 12.8. The first-order valence-corrected chi connectivity index (χ1v) is 9.67. The summed E-state index contributed by atoms with van der Waals surface area (Å²) in [6.45, 7) is 7.03. The van der Waals surface area contributed by atoms with Crippen LogP contribution in [0.15, 0.2) is 24.3 Å². The maximum absolute atomic E-state index is 12.8. The fourth-order valence-electron chi connectivity index (χ4n) is 2.87. The van der Waals surface area contributed by atoms with E-state index in [4.69, 9.17) is 9.47 Å². The molecule has 2 amide bonds. The van der Waals surface area contributed by atoms with Crippen molar-refractivity contribution in [1.82, 2.24) is 4.90 Å². The molecule has 2 rings (SSSR count). The molecule has 0 bridgehead atoms. The van der Waals surface area contributed by atoms with E-state index in [0.717, 1.165) is 14.0 Å². The zero-order valence-corrected chi connectivity index (χ0v) is 17.6. The topological polar surface area (TPSA) is 72.9 Å². The van der Waals surface area contributed by atoms with E-state index in [-0.39, 0.29) is 13.0 Å². The molecule has 0 unspecified atom stereocenters. The van der Waals surface area contributed by atoms with Gasteiger partial charge in [0.05, 0.1) is 6.61 Å². The van der Waals surface area contributed by atoms with Gasteiger partial charge in [-0.25, -0.2) is 14.5 Å². The van der Waals surface area contributed by atoms with E-state index in [0.29, 0.717) is 6.42 Å². The largest absolute Gasteiger partial charge is 0.464 e. The summed E-state index contributed by atoms with van der Waals surface area (Å²) in [6, 6.07) is 6.88. The summed E-state index contributed by atoms with van der Waals surface area (Å²) in [5, 5.41) is 0. The summed E-state index contributed by atoms with van der Waals surface area (Å²) in [6.07, 6.45) is -0.0981. The molecule has 7 heteroatoms. The van der Waals surface area contributed by atoms with Gasteiger partial charge < -0.3 is 9.47 Å². The second-order valence-electron chi connectivity index (χ2n) is 7.22. The zero-order chi connectivity index (χ0) is 19.5. The Morgan fingerprint density at radius 2 is 1.85 bits per heavy atom. The van der Waals surface area contributed by atoms with Gasteiger partial charge in [0.15, 0.2) is 0 Å². The SMILES string of the molecule is CCOC(=O)[C@H]1C[C@H](Cc2ccc(I)cc2)C(=O)N1C(=O)OC(C)(C)C. The quantitative estimate of drug-likeness (QED) is 0.494. The van der Waals surface area contributed by atoms with Crippen LogP contribution < -0.4 is 0 Å². The van der Waals surface area contributed by atoms with Crippen LogP contribution in [0.25, 0.3) is 0 Å². The molecule has 6 nitrogen and oxygen atoms in total. The summed E-state index contributed by atoms with van der Waals surface area (Å²) in [5.41, 5.74) is 0.225. The van der Waals surface area contributed by atoms with E-state index in [1.165, 1.54) is 0 Å². The van der Waals surface area contributed by atoms with E-state index < -0.39 is 35.5 Å². The molecular weight excluding hydrogens is 449 g/mol. The number of carbonyl (C=O) groups excluding carboxylic acids is 3. The number of imide groups is 1. The molecule has 1 aromatic carbocycles. The van der Waals surface area contributed by atoms with E-state index >= 15 is 0 Å². The molecule has 0 aromatic heterocycles. The van der Waals surface area contributed by atoms with Crippen LogP contribution in [-0.4, -0.2) is 41.1 Å². The number of nitrogens with zero attached hydrogens (tertiary/aromatic N) is 1. The van der Waals surface area contributed by atoms with Crippen molar-refractivity contribution in [1.29, 1.82) is 0 Å². The van der Waals surface area contributed by atoms with E-state index in [9.17, 15) is 14.4 Å². The number of benzene rings is 1. The van der Waals surface area contributed by atoms with Crippen molar-refractivity contribution in [2.45, 2.75) is 52.2 Å². The van der Waals surface area contributed by atoms with Gasteiger partial charge in [0.2, 0.25) is 5.91 Å². The summed E-state index contributed by atoms with van der Waals surface area (Å²) >= 11 is 2.21. The fourth-order valence-corrected chi connectivity index (χ4v) is 3.23.